The summed E-state index contributed by atoms with van der Waals surface area (Å²) in [7, 11) is 1.57. The molecule has 0 spiro atoms. The maximum atomic E-state index is 12.7. The minimum Gasteiger partial charge on any atom is -0.456 e. The van der Waals surface area contributed by atoms with Crippen molar-refractivity contribution in [3.63, 3.8) is 0 Å². The molecule has 2 heterocycles. The lowest BCUT2D eigenvalue weighted by atomic mass is 10.1. The van der Waals surface area contributed by atoms with Gasteiger partial charge in [0, 0.05) is 33.6 Å². The van der Waals surface area contributed by atoms with Crippen LogP contribution in [0.3, 0.4) is 0 Å². The molecule has 13 heteroatoms. The maximum absolute atomic E-state index is 12.7. The van der Waals surface area contributed by atoms with Gasteiger partial charge in [0.1, 0.15) is 0 Å². The van der Waals surface area contributed by atoms with E-state index in [4.69, 9.17) is 23.7 Å². The molecule has 1 aliphatic heterocycles. The van der Waals surface area contributed by atoms with Gasteiger partial charge in [-0.3, -0.25) is 19.5 Å². The number of methoxy groups -OCH3 is 1. The van der Waals surface area contributed by atoms with Crippen molar-refractivity contribution in [2.45, 2.75) is 71.2 Å². The second-order valence-electron chi connectivity index (χ2n) is 7.98. The molecule has 4 atom stereocenters. The normalized spacial score (nSPS) is 22.5. The number of carbonyl (C=O) groups excluding carboxylic acids is 3. The molecule has 0 aliphatic carbocycles. The molecule has 2 rings (SSSR count). The molecule has 0 aromatic carbocycles. The third kappa shape index (κ3) is 7.37. The van der Waals surface area contributed by atoms with Crippen molar-refractivity contribution in [1.82, 2.24) is 9.55 Å². The van der Waals surface area contributed by atoms with E-state index in [1.54, 1.807) is 14.0 Å². The fourth-order valence-electron chi connectivity index (χ4n) is 3.04. The van der Waals surface area contributed by atoms with Gasteiger partial charge in [0.15, 0.2) is 24.3 Å². The molecule has 1 aromatic rings. The third-order valence-corrected chi connectivity index (χ3v) is 5.71. The van der Waals surface area contributed by atoms with Gasteiger partial charge in [-0.2, -0.15) is 4.98 Å². The Morgan fingerprint density at radius 3 is 2.39 bits per heavy atom. The molecule has 0 bridgehead atoms. The average molecular weight is 581 g/mol. The summed E-state index contributed by atoms with van der Waals surface area (Å²) >= 11 is 1.88. The molecular formula is C20H28IN3O9. The number of nitrogens with zero attached hydrogens (tertiary/aromatic N) is 2. The van der Waals surface area contributed by atoms with Crippen LogP contribution in [0.1, 0.15) is 47.3 Å². The van der Waals surface area contributed by atoms with Crippen molar-refractivity contribution in [2.75, 3.05) is 19.0 Å². The second-order valence-corrected chi connectivity index (χ2v) is 9.14. The van der Waals surface area contributed by atoms with E-state index >= 15 is 0 Å². The summed E-state index contributed by atoms with van der Waals surface area (Å²) in [5.74, 6) is -1.21. The molecule has 33 heavy (non-hydrogen) atoms. The lowest BCUT2D eigenvalue weighted by Crippen LogP contribution is -2.40. The number of hydrogen-bond acceptors (Lipinski definition) is 10. The highest BCUT2D eigenvalue weighted by molar-refractivity contribution is 14.1. The molecule has 184 valence electrons. The van der Waals surface area contributed by atoms with E-state index in [2.05, 4.69) is 10.3 Å². The maximum Gasteiger partial charge on any atom is 0.412 e. The molecule has 0 unspecified atom stereocenters. The lowest BCUT2D eigenvalue weighted by molar-refractivity contribution is -0.165. The smallest absolute Gasteiger partial charge is 0.412 e. The van der Waals surface area contributed by atoms with Gasteiger partial charge in [-0.25, -0.2) is 9.59 Å². The summed E-state index contributed by atoms with van der Waals surface area (Å²) in [4.78, 5) is 51.8. The fourth-order valence-corrected chi connectivity index (χ4v) is 3.59. The monoisotopic (exact) mass is 581 g/mol. The van der Waals surface area contributed by atoms with Gasteiger partial charge in [-0.05, 0) is 43.4 Å². The fraction of sp³-hybridized carbons (Fsp3) is 0.650. The molecule has 1 amide bonds. The standard InChI is InChI=1S/C20H28IN3O9/c1-10-14(32-11(2)25)15(33-12(3)26)17(31-10)24-9-13(21)16(22-18(24)27)23-19(28)30-8-7-20(4,5)29-6/h9-10,14-15,17H,7-8H2,1-6H3,(H,22,23,27,28)/t10-,14-,15-,17-/m1/s1. The van der Waals surface area contributed by atoms with Crippen LogP contribution in [-0.2, 0) is 33.3 Å². The van der Waals surface area contributed by atoms with Crippen LogP contribution >= 0.6 is 22.6 Å². The van der Waals surface area contributed by atoms with Gasteiger partial charge >= 0.3 is 23.7 Å². The number of hydrogen-bond donors (Lipinski definition) is 1. The molecule has 0 saturated carbocycles. The van der Waals surface area contributed by atoms with Crippen LogP contribution in [0, 0.1) is 3.57 Å². The zero-order valence-corrected chi connectivity index (χ0v) is 21.4. The van der Waals surface area contributed by atoms with Crippen LogP contribution in [0.15, 0.2) is 11.0 Å². The van der Waals surface area contributed by atoms with Crippen LogP contribution < -0.4 is 11.0 Å². The molecule has 1 N–H and O–H groups in total. The topological polar surface area (TPSA) is 144 Å². The quantitative estimate of drug-likeness (QED) is 0.275. The molecule has 1 saturated heterocycles. The van der Waals surface area contributed by atoms with E-state index in [0.29, 0.717) is 9.99 Å². The molecule has 12 nitrogen and oxygen atoms in total. The number of aromatic nitrogens is 2. The Labute approximate surface area is 204 Å². The van der Waals surface area contributed by atoms with Gasteiger partial charge in [0.2, 0.25) is 0 Å². The zero-order valence-electron chi connectivity index (χ0n) is 19.2. The minimum absolute atomic E-state index is 0.000491. The number of carbonyl (C=O) groups is 3. The van der Waals surface area contributed by atoms with Crippen LogP contribution in [0.25, 0.3) is 0 Å². The van der Waals surface area contributed by atoms with E-state index < -0.39 is 53.9 Å². The first-order valence-electron chi connectivity index (χ1n) is 10.1. The number of anilines is 1. The summed E-state index contributed by atoms with van der Waals surface area (Å²) in [6.45, 7) is 7.87. The first-order valence-corrected chi connectivity index (χ1v) is 11.2. The van der Waals surface area contributed by atoms with Crippen LogP contribution in [-0.4, -0.2) is 65.2 Å². The predicted octanol–water partition coefficient (Wildman–Crippen LogP) is 1.99. The van der Waals surface area contributed by atoms with Gasteiger partial charge in [-0.15, -0.1) is 0 Å². The highest BCUT2D eigenvalue weighted by atomic mass is 127. The van der Waals surface area contributed by atoms with Gasteiger partial charge < -0.3 is 23.7 Å². The molecule has 1 fully saturated rings. The number of rotatable bonds is 8. The Bertz CT molecular complexity index is 949. The lowest BCUT2D eigenvalue weighted by Gasteiger charge is -2.24. The molecule has 0 radical (unpaired) electrons. The predicted molar refractivity (Wildman–Crippen MR) is 123 cm³/mol. The summed E-state index contributed by atoms with van der Waals surface area (Å²) in [5, 5.41) is 2.43. The van der Waals surface area contributed by atoms with E-state index in [0.717, 1.165) is 4.57 Å². The molecule has 1 aliphatic rings. The highest BCUT2D eigenvalue weighted by Crippen LogP contribution is 2.33. The zero-order chi connectivity index (χ0) is 24.9. The van der Waals surface area contributed by atoms with E-state index in [1.807, 2.05) is 36.4 Å². The number of nitrogens with one attached hydrogen (secondary N) is 1. The minimum atomic E-state index is -1.08. The van der Waals surface area contributed by atoms with Crippen molar-refractivity contribution in [2.24, 2.45) is 0 Å². The van der Waals surface area contributed by atoms with Gasteiger partial charge in [0.05, 0.1) is 21.9 Å². The first-order chi connectivity index (χ1) is 15.3. The van der Waals surface area contributed by atoms with Crippen molar-refractivity contribution in [3.05, 3.63) is 20.3 Å². The number of halogens is 1. The Morgan fingerprint density at radius 1 is 1.21 bits per heavy atom. The summed E-state index contributed by atoms with van der Waals surface area (Å²) in [5.41, 5.74) is -1.22. The first kappa shape index (κ1) is 27.0. The number of esters is 2. The summed E-state index contributed by atoms with van der Waals surface area (Å²) < 4.78 is 28.2. The van der Waals surface area contributed by atoms with Crippen molar-refractivity contribution in [1.29, 1.82) is 0 Å². The largest absolute Gasteiger partial charge is 0.456 e. The molecular weight excluding hydrogens is 553 g/mol. The highest BCUT2D eigenvalue weighted by Gasteiger charge is 2.48. The Balaban J connectivity index is 2.19. The van der Waals surface area contributed by atoms with Crippen molar-refractivity contribution >= 4 is 46.4 Å². The van der Waals surface area contributed by atoms with Crippen LogP contribution in [0.5, 0.6) is 0 Å². The van der Waals surface area contributed by atoms with E-state index in [1.165, 1.54) is 20.0 Å². The van der Waals surface area contributed by atoms with Crippen molar-refractivity contribution in [3.8, 4) is 0 Å². The average Bonchev–Trinajstić information content (AvgIpc) is 2.98. The Hall–Kier alpha value is -2.26. The second kappa shape index (κ2) is 11.2. The summed E-state index contributed by atoms with van der Waals surface area (Å²) in [6.07, 6.45) is -2.63. The van der Waals surface area contributed by atoms with Gasteiger partial charge in [0.25, 0.3) is 0 Å². The third-order valence-electron chi connectivity index (χ3n) is 4.92. The Morgan fingerprint density at radius 2 is 1.82 bits per heavy atom. The van der Waals surface area contributed by atoms with E-state index in [9.17, 15) is 19.2 Å². The molecule has 1 aromatic heterocycles. The summed E-state index contributed by atoms with van der Waals surface area (Å²) in [6, 6.07) is 0. The van der Waals surface area contributed by atoms with Crippen molar-refractivity contribution < 1.29 is 38.1 Å². The SMILES string of the molecule is COC(C)(C)CCOC(=O)Nc1nc(=O)n([C@@H]2O[C@H](C)[C@@H](OC(C)=O)[C@H]2OC(C)=O)cc1I. The van der Waals surface area contributed by atoms with E-state index in [-0.39, 0.29) is 12.4 Å². The van der Waals surface area contributed by atoms with Gasteiger partial charge in [-0.1, -0.05) is 0 Å². The van der Waals surface area contributed by atoms with Crippen LogP contribution in [0.2, 0.25) is 0 Å². The Kier molecular flexibility index (Phi) is 9.20. The van der Waals surface area contributed by atoms with Crippen LogP contribution in [0.4, 0.5) is 10.6 Å². The number of amides is 1. The number of ether oxygens (including phenoxy) is 5.